The summed E-state index contributed by atoms with van der Waals surface area (Å²) in [5.74, 6) is 0.540. The quantitative estimate of drug-likeness (QED) is 0.607. The van der Waals surface area contributed by atoms with Crippen molar-refractivity contribution in [1.82, 2.24) is 34.3 Å². The molecule has 0 fully saturated rings. The van der Waals surface area contributed by atoms with Crippen LogP contribution in [0.25, 0.3) is 5.78 Å². The number of fused-ring (bicyclic) bond motifs is 1. The molecule has 9 nitrogen and oxygen atoms in total. The minimum atomic E-state index is -3.51. The molecule has 0 aliphatic carbocycles. The number of nitrogens with zero attached hydrogens (tertiary/aromatic N) is 5. The van der Waals surface area contributed by atoms with E-state index < -0.39 is 10.0 Å². The van der Waals surface area contributed by atoms with Crippen molar-refractivity contribution < 1.29 is 8.42 Å². The Morgan fingerprint density at radius 1 is 1.29 bits per heavy atom. The molecule has 0 bridgehead atoms. The molecule has 0 aliphatic heterocycles. The highest BCUT2D eigenvalue weighted by molar-refractivity contribution is 7.89. The zero-order valence-electron chi connectivity index (χ0n) is 11.0. The molecule has 0 amide bonds. The van der Waals surface area contributed by atoms with E-state index in [9.17, 15) is 8.42 Å². The number of nitrogens with one attached hydrogen (secondary N) is 2. The summed E-state index contributed by atoms with van der Waals surface area (Å²) < 4.78 is 27.8. The number of hydrogen-bond donors (Lipinski definition) is 2. The molecule has 0 aliphatic rings. The van der Waals surface area contributed by atoms with E-state index >= 15 is 0 Å². The standard InChI is InChI=1S/C11H13N7O2S/c19-21(20,10-5-12-7-14-10)17-3-1-2-9-4-13-11-15-8-16-18(11)6-9/h4-8,17H,1-3H2,(H,12,14). The molecule has 0 saturated carbocycles. The molecule has 3 rings (SSSR count). The topological polar surface area (TPSA) is 118 Å². The predicted molar refractivity (Wildman–Crippen MR) is 72.9 cm³/mol. The van der Waals surface area contributed by atoms with Crippen molar-refractivity contribution in [3.63, 3.8) is 0 Å². The summed E-state index contributed by atoms with van der Waals surface area (Å²) in [7, 11) is -3.51. The Morgan fingerprint density at radius 2 is 2.19 bits per heavy atom. The van der Waals surface area contributed by atoms with Crippen molar-refractivity contribution in [2.75, 3.05) is 6.54 Å². The van der Waals surface area contributed by atoms with E-state index in [1.165, 1.54) is 18.9 Å². The SMILES string of the molecule is O=S(=O)(NCCCc1cnc2ncnn2c1)c1cnc[nH]1. The Bertz CT molecular complexity index is 825. The summed E-state index contributed by atoms with van der Waals surface area (Å²) in [6.07, 6.45) is 8.92. The molecule has 3 aromatic heterocycles. The number of aromatic nitrogens is 6. The van der Waals surface area contributed by atoms with E-state index in [2.05, 4.69) is 29.8 Å². The molecule has 21 heavy (non-hydrogen) atoms. The van der Waals surface area contributed by atoms with Crippen LogP contribution >= 0.6 is 0 Å². The van der Waals surface area contributed by atoms with Gasteiger partial charge in [0.2, 0.25) is 0 Å². The van der Waals surface area contributed by atoms with Gasteiger partial charge in [0.05, 0.1) is 12.5 Å². The van der Waals surface area contributed by atoms with Gasteiger partial charge in [0.1, 0.15) is 6.33 Å². The lowest BCUT2D eigenvalue weighted by atomic mass is 10.2. The fraction of sp³-hybridized carbons (Fsp3) is 0.273. The van der Waals surface area contributed by atoms with Crippen LogP contribution in [0.5, 0.6) is 0 Å². The third-order valence-electron chi connectivity index (χ3n) is 2.89. The second-order valence-corrected chi connectivity index (χ2v) is 6.12. The summed E-state index contributed by atoms with van der Waals surface area (Å²) in [5.41, 5.74) is 0.966. The number of sulfonamides is 1. The van der Waals surface area contributed by atoms with Crippen LogP contribution in [-0.4, -0.2) is 44.5 Å². The molecular formula is C11H13N7O2S. The number of H-pyrrole nitrogens is 1. The second-order valence-electron chi connectivity index (χ2n) is 4.38. The zero-order chi connectivity index (χ0) is 14.7. The van der Waals surface area contributed by atoms with Crippen LogP contribution in [0.2, 0.25) is 0 Å². The van der Waals surface area contributed by atoms with Gasteiger partial charge in [0, 0.05) is 18.9 Å². The van der Waals surface area contributed by atoms with Crippen LogP contribution in [0.15, 0.2) is 36.3 Å². The highest BCUT2D eigenvalue weighted by Crippen LogP contribution is 2.04. The first kappa shape index (κ1) is 13.6. The zero-order valence-corrected chi connectivity index (χ0v) is 11.8. The van der Waals surface area contributed by atoms with Gasteiger partial charge in [0.25, 0.3) is 15.8 Å². The Hall–Kier alpha value is -2.33. The van der Waals surface area contributed by atoms with E-state index in [-0.39, 0.29) is 5.03 Å². The highest BCUT2D eigenvalue weighted by Gasteiger charge is 2.14. The molecule has 10 heteroatoms. The fourth-order valence-corrected chi connectivity index (χ4v) is 2.83. The summed E-state index contributed by atoms with van der Waals surface area (Å²) in [4.78, 5) is 14.4. The summed E-state index contributed by atoms with van der Waals surface area (Å²) in [5, 5.41) is 4.06. The minimum Gasteiger partial charge on any atom is -0.335 e. The summed E-state index contributed by atoms with van der Waals surface area (Å²) in [6.45, 7) is 0.330. The molecule has 0 radical (unpaired) electrons. The first-order valence-electron chi connectivity index (χ1n) is 6.27. The van der Waals surface area contributed by atoms with E-state index in [0.29, 0.717) is 25.2 Å². The Kier molecular flexibility index (Phi) is 3.62. The van der Waals surface area contributed by atoms with Crippen molar-refractivity contribution in [3.8, 4) is 0 Å². The molecule has 3 heterocycles. The van der Waals surface area contributed by atoms with E-state index in [0.717, 1.165) is 5.56 Å². The van der Waals surface area contributed by atoms with Crippen molar-refractivity contribution in [2.24, 2.45) is 0 Å². The average Bonchev–Trinajstić information content (AvgIpc) is 3.14. The monoisotopic (exact) mass is 307 g/mol. The van der Waals surface area contributed by atoms with Crippen molar-refractivity contribution in [2.45, 2.75) is 17.9 Å². The second kappa shape index (κ2) is 5.58. The lowest BCUT2D eigenvalue weighted by Crippen LogP contribution is -2.25. The Labute approximate surface area is 120 Å². The van der Waals surface area contributed by atoms with Gasteiger partial charge in [-0.1, -0.05) is 0 Å². The van der Waals surface area contributed by atoms with Crippen molar-refractivity contribution >= 4 is 15.8 Å². The molecule has 2 N–H and O–H groups in total. The van der Waals surface area contributed by atoms with Crippen LogP contribution in [-0.2, 0) is 16.4 Å². The number of rotatable bonds is 6. The fourth-order valence-electron chi connectivity index (χ4n) is 1.85. The number of aromatic amines is 1. The van der Waals surface area contributed by atoms with Crippen molar-refractivity contribution in [1.29, 1.82) is 0 Å². The normalized spacial score (nSPS) is 12.0. The molecule has 110 valence electrons. The average molecular weight is 307 g/mol. The first-order valence-corrected chi connectivity index (χ1v) is 7.76. The van der Waals surface area contributed by atoms with E-state index in [4.69, 9.17) is 0 Å². The van der Waals surface area contributed by atoms with Crippen LogP contribution < -0.4 is 4.72 Å². The maximum atomic E-state index is 11.8. The van der Waals surface area contributed by atoms with Gasteiger partial charge in [-0.25, -0.2) is 27.6 Å². The molecule has 0 saturated heterocycles. The summed E-state index contributed by atoms with van der Waals surface area (Å²) >= 11 is 0. The van der Waals surface area contributed by atoms with Gasteiger partial charge in [-0.3, -0.25) is 0 Å². The maximum Gasteiger partial charge on any atom is 0.257 e. The van der Waals surface area contributed by atoms with Gasteiger partial charge in [-0.15, -0.1) is 0 Å². The van der Waals surface area contributed by atoms with E-state index in [1.54, 1.807) is 10.7 Å². The molecular weight excluding hydrogens is 294 g/mol. The lowest BCUT2D eigenvalue weighted by molar-refractivity contribution is 0.575. The lowest BCUT2D eigenvalue weighted by Gasteiger charge is -2.04. The minimum absolute atomic E-state index is 0.0631. The number of hydrogen-bond acceptors (Lipinski definition) is 6. The molecule has 0 spiro atoms. The maximum absolute atomic E-state index is 11.8. The third-order valence-corrected chi connectivity index (χ3v) is 4.27. The molecule has 0 aromatic carbocycles. The number of imidazole rings is 1. The van der Waals surface area contributed by atoms with Crippen molar-refractivity contribution in [3.05, 3.63) is 36.8 Å². The Morgan fingerprint density at radius 3 is 3.00 bits per heavy atom. The van der Waals surface area contributed by atoms with Gasteiger partial charge in [0.15, 0.2) is 5.03 Å². The smallest absolute Gasteiger partial charge is 0.257 e. The molecule has 3 aromatic rings. The van der Waals surface area contributed by atoms with Gasteiger partial charge >= 0.3 is 0 Å². The number of aryl methyl sites for hydroxylation is 1. The van der Waals surface area contributed by atoms with Crippen LogP contribution in [0.1, 0.15) is 12.0 Å². The predicted octanol–water partition coefficient (Wildman–Crippen LogP) is -0.242. The first-order chi connectivity index (χ1) is 10.1. The van der Waals surface area contributed by atoms with Gasteiger partial charge in [-0.05, 0) is 18.4 Å². The van der Waals surface area contributed by atoms with Crippen LogP contribution in [0.4, 0.5) is 0 Å². The van der Waals surface area contributed by atoms with Gasteiger partial charge in [-0.2, -0.15) is 10.1 Å². The molecule has 0 atom stereocenters. The van der Waals surface area contributed by atoms with Gasteiger partial charge < -0.3 is 4.98 Å². The highest BCUT2D eigenvalue weighted by atomic mass is 32.2. The molecule has 0 unspecified atom stereocenters. The largest absolute Gasteiger partial charge is 0.335 e. The summed E-state index contributed by atoms with van der Waals surface area (Å²) in [6, 6.07) is 0. The Balaban J connectivity index is 1.54. The van der Waals surface area contributed by atoms with E-state index in [1.807, 2.05) is 6.20 Å². The third kappa shape index (κ3) is 3.06. The van der Waals surface area contributed by atoms with Crippen LogP contribution in [0.3, 0.4) is 0 Å². The van der Waals surface area contributed by atoms with Crippen LogP contribution in [0, 0.1) is 0 Å².